The smallest absolute Gasteiger partial charge is 0.342 e. The summed E-state index contributed by atoms with van der Waals surface area (Å²) in [5.74, 6) is -0.675. The van der Waals surface area contributed by atoms with Crippen LogP contribution >= 0.6 is 0 Å². The summed E-state index contributed by atoms with van der Waals surface area (Å²) >= 11 is 0. The molecule has 0 bridgehead atoms. The first-order valence-electron chi connectivity index (χ1n) is 7.33. The Bertz CT molecular complexity index is 873. The van der Waals surface area contributed by atoms with Gasteiger partial charge in [-0.15, -0.1) is 0 Å². The second-order valence-corrected chi connectivity index (χ2v) is 5.39. The van der Waals surface area contributed by atoms with Crippen LogP contribution < -0.4 is 5.73 Å². The van der Waals surface area contributed by atoms with E-state index >= 15 is 0 Å². The van der Waals surface area contributed by atoms with Crippen molar-refractivity contribution in [2.45, 2.75) is 13.0 Å². The summed E-state index contributed by atoms with van der Waals surface area (Å²) < 4.78 is 5.45. The fourth-order valence-corrected chi connectivity index (χ4v) is 2.56. The Balaban J connectivity index is 1.89. The molecule has 0 saturated heterocycles. The van der Waals surface area contributed by atoms with Gasteiger partial charge in [-0.05, 0) is 35.9 Å². The molecular weight excluding hydrogens is 290 g/mol. The van der Waals surface area contributed by atoms with E-state index in [0.717, 1.165) is 16.3 Å². The molecule has 3 rings (SSSR count). The number of hydrogen-bond donors (Lipinski definition) is 2. The monoisotopic (exact) mass is 307 g/mol. The fraction of sp³-hybridized carbons (Fsp3) is 0.105. The Labute approximate surface area is 134 Å². The van der Waals surface area contributed by atoms with Gasteiger partial charge in [0.05, 0.1) is 0 Å². The highest BCUT2D eigenvalue weighted by molar-refractivity contribution is 5.98. The van der Waals surface area contributed by atoms with Crippen LogP contribution in [0.3, 0.4) is 0 Å². The number of phenols is 1. The minimum atomic E-state index is -0.580. The van der Waals surface area contributed by atoms with Gasteiger partial charge < -0.3 is 15.6 Å². The first-order chi connectivity index (χ1) is 11.1. The number of rotatable bonds is 3. The van der Waals surface area contributed by atoms with Crippen LogP contribution in [0.5, 0.6) is 5.75 Å². The number of nitrogens with two attached hydrogens (primary N) is 1. The highest BCUT2D eigenvalue weighted by atomic mass is 16.5. The Kier molecular flexibility index (Phi) is 3.89. The molecule has 0 spiro atoms. The maximum absolute atomic E-state index is 12.4. The molecule has 0 amide bonds. The number of benzene rings is 3. The topological polar surface area (TPSA) is 72.5 Å². The predicted molar refractivity (Wildman–Crippen MR) is 90.3 cm³/mol. The average molecular weight is 307 g/mol. The van der Waals surface area contributed by atoms with Gasteiger partial charge in [0.25, 0.3) is 0 Å². The molecular formula is C19H17NO3. The van der Waals surface area contributed by atoms with Gasteiger partial charge in [-0.25, -0.2) is 4.79 Å². The summed E-state index contributed by atoms with van der Waals surface area (Å²) in [4.78, 5) is 12.4. The van der Waals surface area contributed by atoms with Crippen LogP contribution in [0.25, 0.3) is 10.8 Å². The number of hydrogen-bond acceptors (Lipinski definition) is 4. The maximum Gasteiger partial charge on any atom is 0.342 e. The van der Waals surface area contributed by atoms with Crippen molar-refractivity contribution in [3.05, 3.63) is 71.8 Å². The molecule has 23 heavy (non-hydrogen) atoms. The Morgan fingerprint density at radius 1 is 1.04 bits per heavy atom. The molecule has 0 aliphatic carbocycles. The fourth-order valence-electron chi connectivity index (χ4n) is 2.56. The number of phenolic OH excluding ortho intramolecular Hbond substituents is 1. The highest BCUT2D eigenvalue weighted by Crippen LogP contribution is 2.29. The number of carbonyl (C=O) groups is 1. The molecule has 3 N–H and O–H groups in total. The zero-order valence-corrected chi connectivity index (χ0v) is 12.7. The molecule has 0 aromatic heterocycles. The van der Waals surface area contributed by atoms with Crippen molar-refractivity contribution >= 4 is 22.4 Å². The first kappa shape index (κ1) is 14.9. The summed E-state index contributed by atoms with van der Waals surface area (Å²) in [6.07, 6.45) is -0.505. The van der Waals surface area contributed by atoms with Crippen molar-refractivity contribution < 1.29 is 14.6 Å². The molecule has 0 aliphatic heterocycles. The van der Waals surface area contributed by atoms with E-state index in [4.69, 9.17) is 10.5 Å². The number of aromatic hydroxyl groups is 1. The molecule has 0 saturated carbocycles. The van der Waals surface area contributed by atoms with Gasteiger partial charge in [-0.3, -0.25) is 0 Å². The zero-order chi connectivity index (χ0) is 16.4. The standard InChI is InChI=1S/C19H17NO3/c1-12(15-8-4-5-9-17(15)20)23-19(22)16-10-13-6-2-3-7-14(13)11-18(16)21/h2-12,21H,20H2,1H3. The number of fused-ring (bicyclic) bond motifs is 1. The lowest BCUT2D eigenvalue weighted by Crippen LogP contribution is -2.11. The van der Waals surface area contributed by atoms with Gasteiger partial charge in [0.1, 0.15) is 17.4 Å². The quantitative estimate of drug-likeness (QED) is 0.565. The van der Waals surface area contributed by atoms with Crippen molar-refractivity contribution in [3.63, 3.8) is 0 Å². The van der Waals surface area contributed by atoms with E-state index in [1.165, 1.54) is 0 Å². The Morgan fingerprint density at radius 3 is 2.35 bits per heavy atom. The van der Waals surface area contributed by atoms with E-state index in [9.17, 15) is 9.90 Å². The zero-order valence-electron chi connectivity index (χ0n) is 12.7. The normalized spacial score (nSPS) is 12.0. The van der Waals surface area contributed by atoms with Crippen molar-refractivity contribution in [2.24, 2.45) is 0 Å². The third-order valence-electron chi connectivity index (χ3n) is 3.80. The van der Waals surface area contributed by atoms with E-state index in [-0.39, 0.29) is 11.3 Å². The average Bonchev–Trinajstić information content (AvgIpc) is 2.54. The first-order valence-corrected chi connectivity index (χ1v) is 7.33. The molecule has 1 atom stereocenters. The van der Waals surface area contributed by atoms with Crippen LogP contribution in [-0.4, -0.2) is 11.1 Å². The SMILES string of the molecule is CC(OC(=O)c1cc2ccccc2cc1O)c1ccccc1N. The lowest BCUT2D eigenvalue weighted by Gasteiger charge is -2.16. The van der Waals surface area contributed by atoms with Gasteiger partial charge in [0, 0.05) is 11.3 Å². The molecule has 0 heterocycles. The second kappa shape index (κ2) is 6.01. The summed E-state index contributed by atoms with van der Waals surface area (Å²) in [6.45, 7) is 1.75. The molecule has 116 valence electrons. The Hall–Kier alpha value is -3.01. The third kappa shape index (κ3) is 2.97. The third-order valence-corrected chi connectivity index (χ3v) is 3.80. The predicted octanol–water partition coefficient (Wildman–Crippen LogP) is 4.05. The number of esters is 1. The maximum atomic E-state index is 12.4. The summed E-state index contributed by atoms with van der Waals surface area (Å²) in [7, 11) is 0. The van der Waals surface area contributed by atoms with E-state index in [1.807, 2.05) is 42.5 Å². The van der Waals surface area contributed by atoms with Crippen molar-refractivity contribution in [1.29, 1.82) is 0 Å². The van der Waals surface area contributed by atoms with E-state index in [0.29, 0.717) is 5.69 Å². The molecule has 0 fully saturated rings. The molecule has 3 aromatic carbocycles. The lowest BCUT2D eigenvalue weighted by molar-refractivity contribution is 0.0336. The second-order valence-electron chi connectivity index (χ2n) is 5.39. The molecule has 4 heteroatoms. The van der Waals surface area contributed by atoms with Crippen LogP contribution in [-0.2, 0) is 4.74 Å². The summed E-state index contributed by atoms with van der Waals surface area (Å²) in [6, 6.07) is 17.9. The van der Waals surface area contributed by atoms with Gasteiger partial charge in [0.15, 0.2) is 0 Å². The van der Waals surface area contributed by atoms with Crippen LogP contribution in [0.1, 0.15) is 28.9 Å². The number of nitrogen functional groups attached to an aromatic ring is 1. The van der Waals surface area contributed by atoms with Gasteiger partial charge in [-0.1, -0.05) is 42.5 Å². The van der Waals surface area contributed by atoms with Gasteiger partial charge in [-0.2, -0.15) is 0 Å². The van der Waals surface area contributed by atoms with Crippen molar-refractivity contribution in [1.82, 2.24) is 0 Å². The van der Waals surface area contributed by atoms with E-state index in [1.54, 1.807) is 25.1 Å². The van der Waals surface area contributed by atoms with Crippen LogP contribution in [0.2, 0.25) is 0 Å². The molecule has 1 unspecified atom stereocenters. The Morgan fingerprint density at radius 2 is 1.65 bits per heavy atom. The largest absolute Gasteiger partial charge is 0.507 e. The summed E-state index contributed by atoms with van der Waals surface area (Å²) in [5, 5.41) is 11.8. The van der Waals surface area contributed by atoms with Crippen LogP contribution in [0, 0.1) is 0 Å². The number of anilines is 1. The minimum absolute atomic E-state index is 0.0954. The van der Waals surface area contributed by atoms with E-state index < -0.39 is 12.1 Å². The molecule has 4 nitrogen and oxygen atoms in total. The number of ether oxygens (including phenoxy) is 1. The number of para-hydroxylation sites is 1. The number of carbonyl (C=O) groups excluding carboxylic acids is 1. The van der Waals surface area contributed by atoms with Gasteiger partial charge >= 0.3 is 5.97 Å². The van der Waals surface area contributed by atoms with Gasteiger partial charge in [0.2, 0.25) is 0 Å². The summed E-state index contributed by atoms with van der Waals surface area (Å²) in [5.41, 5.74) is 7.35. The van der Waals surface area contributed by atoms with Crippen LogP contribution in [0.15, 0.2) is 60.7 Å². The minimum Gasteiger partial charge on any atom is -0.507 e. The van der Waals surface area contributed by atoms with E-state index in [2.05, 4.69) is 0 Å². The highest BCUT2D eigenvalue weighted by Gasteiger charge is 2.18. The molecule has 0 radical (unpaired) electrons. The molecule has 3 aromatic rings. The van der Waals surface area contributed by atoms with Crippen LogP contribution in [0.4, 0.5) is 5.69 Å². The van der Waals surface area contributed by atoms with Crippen molar-refractivity contribution in [3.8, 4) is 5.75 Å². The molecule has 0 aliphatic rings. The lowest BCUT2D eigenvalue weighted by atomic mass is 10.1. The van der Waals surface area contributed by atoms with Crippen molar-refractivity contribution in [2.75, 3.05) is 5.73 Å².